The molecule has 0 atom stereocenters. The number of anilines is 1. The molecule has 0 unspecified atom stereocenters. The van der Waals surface area contributed by atoms with Gasteiger partial charge in [0, 0.05) is 17.7 Å². The number of ether oxygens (including phenoxy) is 1. The fourth-order valence-corrected chi connectivity index (χ4v) is 7.05. The highest BCUT2D eigenvalue weighted by molar-refractivity contribution is 5.96. The van der Waals surface area contributed by atoms with E-state index >= 15 is 0 Å². The number of carbonyl (C=O) groups excluding carboxylic acids is 2. The summed E-state index contributed by atoms with van der Waals surface area (Å²) in [5, 5.41) is 14.6. The van der Waals surface area contributed by atoms with Gasteiger partial charge in [0.25, 0.3) is 0 Å². The number of hydrogen-bond acceptors (Lipinski definition) is 6. The summed E-state index contributed by atoms with van der Waals surface area (Å²) in [7, 11) is 0. The lowest BCUT2D eigenvalue weighted by atomic mass is 9.77. The fraction of sp³-hybridized carbons (Fsp3) is 0.170. The maximum absolute atomic E-state index is 13.5. The van der Waals surface area contributed by atoms with Crippen LogP contribution in [0.2, 0.25) is 0 Å². The molecule has 6 aromatic carbocycles. The van der Waals surface area contributed by atoms with Crippen molar-refractivity contribution in [3.05, 3.63) is 192 Å². The number of hydrogen-bond donors (Lipinski definition) is 0. The second-order valence-corrected chi connectivity index (χ2v) is 13.3. The normalized spacial score (nSPS) is 11.2. The Bertz CT molecular complexity index is 2250. The van der Waals surface area contributed by atoms with Gasteiger partial charge in [-0.3, -0.25) is 4.79 Å². The number of amides is 1. The van der Waals surface area contributed by atoms with Crippen LogP contribution in [-0.4, -0.2) is 38.7 Å². The van der Waals surface area contributed by atoms with Crippen molar-refractivity contribution in [3.8, 4) is 22.5 Å². The molecule has 0 fully saturated rings. The SMILES string of the molecule is CCCCC(=O)N(Cc1ccc(-c2ccccc2-c2nnn(C(c3ccccc3)(c3ccccc3)c3ccccc3)n2)cc1)c1cccc(C(=O)OCC)c1. The van der Waals surface area contributed by atoms with Crippen molar-refractivity contribution in [2.75, 3.05) is 11.5 Å². The number of carbonyl (C=O) groups is 2. The van der Waals surface area contributed by atoms with Gasteiger partial charge in [0.15, 0.2) is 5.54 Å². The van der Waals surface area contributed by atoms with Crippen molar-refractivity contribution in [2.45, 2.75) is 45.2 Å². The molecule has 8 heteroatoms. The zero-order valence-electron chi connectivity index (χ0n) is 31.1. The Morgan fingerprint density at radius 3 is 1.84 bits per heavy atom. The van der Waals surface area contributed by atoms with E-state index in [0.717, 1.165) is 51.8 Å². The molecular formula is C47H43N5O3. The molecule has 0 N–H and O–H groups in total. The lowest BCUT2D eigenvalue weighted by molar-refractivity contribution is -0.118. The van der Waals surface area contributed by atoms with Crippen LogP contribution in [0.25, 0.3) is 22.5 Å². The van der Waals surface area contributed by atoms with Gasteiger partial charge >= 0.3 is 5.97 Å². The Morgan fingerprint density at radius 2 is 1.25 bits per heavy atom. The topological polar surface area (TPSA) is 90.2 Å². The molecule has 1 heterocycles. The second kappa shape index (κ2) is 17.0. The van der Waals surface area contributed by atoms with E-state index in [4.69, 9.17) is 20.1 Å². The second-order valence-electron chi connectivity index (χ2n) is 13.3. The standard InChI is InChI=1S/C47H43N5O3/c1-3-5-28-44(53)51(41-25-17-18-37(33-41)46(54)55-4-2)34-35-29-31-36(32-30-35)42-26-15-16-27-43(42)45-48-50-52(49-45)47(38-19-9-6-10-20-38,39-21-11-7-12-22-39)40-23-13-8-14-24-40/h6-27,29-33H,3-5,28,34H2,1-2H3. The zero-order chi connectivity index (χ0) is 38.0. The first-order chi connectivity index (χ1) is 27.0. The maximum Gasteiger partial charge on any atom is 0.338 e. The van der Waals surface area contributed by atoms with E-state index in [9.17, 15) is 9.59 Å². The van der Waals surface area contributed by atoms with E-state index in [2.05, 4.69) is 61.5 Å². The van der Waals surface area contributed by atoms with E-state index in [1.807, 2.05) is 91.0 Å². The Hall–Kier alpha value is -6.67. The van der Waals surface area contributed by atoms with E-state index in [-0.39, 0.29) is 12.5 Å². The summed E-state index contributed by atoms with van der Waals surface area (Å²) >= 11 is 0. The molecule has 0 spiro atoms. The van der Waals surface area contributed by atoms with Crippen LogP contribution in [0, 0.1) is 0 Å². The minimum Gasteiger partial charge on any atom is -0.462 e. The molecule has 7 rings (SSSR count). The number of rotatable bonds is 14. The molecule has 0 saturated carbocycles. The fourth-order valence-electron chi connectivity index (χ4n) is 7.05. The van der Waals surface area contributed by atoms with Gasteiger partial charge in [0.05, 0.1) is 18.7 Å². The minimum atomic E-state index is -0.887. The van der Waals surface area contributed by atoms with E-state index in [0.29, 0.717) is 30.0 Å². The van der Waals surface area contributed by atoms with Crippen molar-refractivity contribution >= 4 is 17.6 Å². The molecule has 8 nitrogen and oxygen atoms in total. The van der Waals surface area contributed by atoms with Crippen molar-refractivity contribution in [3.63, 3.8) is 0 Å². The number of tetrazole rings is 1. The van der Waals surface area contributed by atoms with Gasteiger partial charge in [0.2, 0.25) is 11.7 Å². The largest absolute Gasteiger partial charge is 0.462 e. The summed E-state index contributed by atoms with van der Waals surface area (Å²) in [6, 6.07) is 54.2. The molecule has 1 aromatic heterocycles. The van der Waals surface area contributed by atoms with Crippen LogP contribution in [0.5, 0.6) is 0 Å². The van der Waals surface area contributed by atoms with Crippen LogP contribution in [0.4, 0.5) is 5.69 Å². The smallest absolute Gasteiger partial charge is 0.338 e. The predicted molar refractivity (Wildman–Crippen MR) is 216 cm³/mol. The van der Waals surface area contributed by atoms with Crippen LogP contribution in [0.1, 0.15) is 65.7 Å². The lowest BCUT2D eigenvalue weighted by Gasteiger charge is -2.34. The molecule has 55 heavy (non-hydrogen) atoms. The van der Waals surface area contributed by atoms with Crippen molar-refractivity contribution in [1.82, 2.24) is 20.2 Å². The van der Waals surface area contributed by atoms with E-state index < -0.39 is 11.5 Å². The molecule has 0 aliphatic carbocycles. The summed E-state index contributed by atoms with van der Waals surface area (Å²) < 4.78 is 5.23. The Kier molecular flexibility index (Phi) is 11.3. The Balaban J connectivity index is 1.24. The summed E-state index contributed by atoms with van der Waals surface area (Å²) in [5.41, 5.74) is 6.95. The average molecular weight is 726 g/mol. The number of nitrogens with zero attached hydrogens (tertiary/aromatic N) is 5. The third-order valence-electron chi connectivity index (χ3n) is 9.78. The van der Waals surface area contributed by atoms with Gasteiger partial charge in [-0.15, -0.1) is 15.0 Å². The molecular weight excluding hydrogens is 683 g/mol. The highest BCUT2D eigenvalue weighted by atomic mass is 16.5. The average Bonchev–Trinajstić information content (AvgIpc) is 3.74. The first-order valence-corrected chi connectivity index (χ1v) is 18.8. The van der Waals surface area contributed by atoms with Gasteiger partial charge in [-0.1, -0.05) is 159 Å². The summed E-state index contributed by atoms with van der Waals surface area (Å²) in [5.74, 6) is 0.0961. The van der Waals surface area contributed by atoms with Crippen molar-refractivity contribution in [1.29, 1.82) is 0 Å². The highest BCUT2D eigenvalue weighted by Crippen LogP contribution is 2.40. The monoisotopic (exact) mass is 725 g/mol. The van der Waals surface area contributed by atoms with Crippen LogP contribution >= 0.6 is 0 Å². The Labute approximate surface area is 322 Å². The number of unbranched alkanes of at least 4 members (excludes halogenated alkanes) is 1. The molecule has 0 bridgehead atoms. The van der Waals surface area contributed by atoms with Gasteiger partial charge in [0.1, 0.15) is 0 Å². The van der Waals surface area contributed by atoms with Crippen LogP contribution in [-0.2, 0) is 21.6 Å². The third-order valence-corrected chi connectivity index (χ3v) is 9.78. The van der Waals surface area contributed by atoms with Crippen molar-refractivity contribution < 1.29 is 14.3 Å². The number of aromatic nitrogens is 4. The third kappa shape index (κ3) is 7.71. The van der Waals surface area contributed by atoms with Crippen LogP contribution in [0.15, 0.2) is 164 Å². The molecule has 7 aromatic rings. The minimum absolute atomic E-state index is 0.00373. The molecule has 0 aliphatic heterocycles. The van der Waals surface area contributed by atoms with Crippen LogP contribution < -0.4 is 4.90 Å². The van der Waals surface area contributed by atoms with Gasteiger partial charge < -0.3 is 9.64 Å². The van der Waals surface area contributed by atoms with Crippen LogP contribution in [0.3, 0.4) is 0 Å². The summed E-state index contributed by atoms with van der Waals surface area (Å²) in [6.45, 7) is 4.48. The first-order valence-electron chi connectivity index (χ1n) is 18.8. The molecule has 0 aliphatic rings. The molecule has 274 valence electrons. The maximum atomic E-state index is 13.5. The molecule has 1 amide bonds. The predicted octanol–water partition coefficient (Wildman–Crippen LogP) is 9.75. The summed E-state index contributed by atoms with van der Waals surface area (Å²) in [4.78, 5) is 29.6. The molecule has 0 radical (unpaired) electrons. The van der Waals surface area contributed by atoms with Gasteiger partial charge in [-0.25, -0.2) is 4.79 Å². The lowest BCUT2D eigenvalue weighted by Crippen LogP contribution is -2.39. The number of esters is 1. The quantitative estimate of drug-likeness (QED) is 0.0820. The van der Waals surface area contributed by atoms with E-state index in [1.165, 1.54) is 0 Å². The van der Waals surface area contributed by atoms with Gasteiger partial charge in [-0.2, -0.15) is 0 Å². The first kappa shape index (κ1) is 36.7. The Morgan fingerprint density at radius 1 is 0.673 bits per heavy atom. The van der Waals surface area contributed by atoms with Gasteiger partial charge in [-0.05, 0) is 70.1 Å². The summed E-state index contributed by atoms with van der Waals surface area (Å²) in [6.07, 6.45) is 2.11. The highest BCUT2D eigenvalue weighted by Gasteiger charge is 2.41. The van der Waals surface area contributed by atoms with E-state index in [1.54, 1.807) is 34.8 Å². The number of benzene rings is 6. The molecule has 0 saturated heterocycles. The zero-order valence-corrected chi connectivity index (χ0v) is 31.1. The van der Waals surface area contributed by atoms with Crippen molar-refractivity contribution in [2.24, 2.45) is 0 Å².